The van der Waals surface area contributed by atoms with Crippen LogP contribution in [0.1, 0.15) is 46.5 Å². The highest BCUT2D eigenvalue weighted by molar-refractivity contribution is 6.09. The van der Waals surface area contributed by atoms with Crippen LogP contribution in [0.3, 0.4) is 0 Å². The Hall–Kier alpha value is -1.84. The van der Waals surface area contributed by atoms with E-state index >= 15 is 0 Å². The Bertz CT molecular complexity index is 730. The maximum atomic E-state index is 12.4. The van der Waals surface area contributed by atoms with E-state index in [1.54, 1.807) is 19.3 Å². The number of ether oxygens (including phenoxy) is 1. The molecule has 2 fully saturated rings. The van der Waals surface area contributed by atoms with Crippen LogP contribution in [0, 0.1) is 45.8 Å². The van der Waals surface area contributed by atoms with E-state index in [4.69, 9.17) is 11.2 Å². The van der Waals surface area contributed by atoms with Gasteiger partial charge in [-0.3, -0.25) is 4.79 Å². The number of hydrogen-bond donors (Lipinski definition) is 0. The lowest BCUT2D eigenvalue weighted by Gasteiger charge is -2.60. The van der Waals surface area contributed by atoms with E-state index in [0.717, 1.165) is 31.3 Å². The normalized spacial score (nSPS) is 40.3. The maximum absolute atomic E-state index is 12.4. The molecule has 4 atom stereocenters. The number of carbonyl (C=O) groups excluding carboxylic acids is 1. The van der Waals surface area contributed by atoms with Gasteiger partial charge in [0.2, 0.25) is 0 Å². The number of hydrogen-bond acceptors (Lipinski definition) is 3. The van der Waals surface area contributed by atoms with E-state index in [-0.39, 0.29) is 28.3 Å². The minimum Gasteiger partial charge on any atom is -0.381 e. The van der Waals surface area contributed by atoms with Gasteiger partial charge in [-0.15, -0.1) is 6.42 Å². The van der Waals surface area contributed by atoms with Gasteiger partial charge < -0.3 is 4.74 Å². The van der Waals surface area contributed by atoms with Gasteiger partial charge in [-0.1, -0.05) is 26.7 Å². The summed E-state index contributed by atoms with van der Waals surface area (Å²) in [6.45, 7) is 6.79. The van der Waals surface area contributed by atoms with Crippen LogP contribution in [-0.2, 0) is 9.53 Å². The van der Waals surface area contributed by atoms with Crippen molar-refractivity contribution in [2.45, 2.75) is 52.6 Å². The Kier molecular flexibility index (Phi) is 3.78. The summed E-state index contributed by atoms with van der Waals surface area (Å²) in [7, 11) is 1.79. The predicted molar refractivity (Wildman–Crippen MR) is 92.7 cm³/mol. The largest absolute Gasteiger partial charge is 0.381 e. The molecule has 0 aromatic carbocycles. The van der Waals surface area contributed by atoms with Gasteiger partial charge in [0.05, 0.1) is 17.1 Å². The summed E-state index contributed by atoms with van der Waals surface area (Å²) in [6.07, 6.45) is 13.3. The third-order valence-electron chi connectivity index (χ3n) is 6.94. The van der Waals surface area contributed by atoms with Gasteiger partial charge >= 0.3 is 0 Å². The molecule has 0 bridgehead atoms. The first-order chi connectivity index (χ1) is 11.2. The Morgan fingerprint density at radius 3 is 2.58 bits per heavy atom. The summed E-state index contributed by atoms with van der Waals surface area (Å²) < 4.78 is 5.76. The number of nitriles is 1. The zero-order valence-electron chi connectivity index (χ0n) is 15.0. The summed E-state index contributed by atoms with van der Waals surface area (Å²) >= 11 is 0. The monoisotopic (exact) mass is 323 g/mol. The van der Waals surface area contributed by atoms with Crippen LogP contribution in [0.4, 0.5) is 0 Å². The fourth-order valence-corrected chi connectivity index (χ4v) is 5.72. The van der Waals surface area contributed by atoms with Crippen molar-refractivity contribution < 1.29 is 9.53 Å². The molecule has 0 heterocycles. The molecule has 0 aromatic rings. The molecule has 3 nitrogen and oxygen atoms in total. The van der Waals surface area contributed by atoms with Crippen LogP contribution in [0.15, 0.2) is 23.3 Å². The molecule has 3 heteroatoms. The summed E-state index contributed by atoms with van der Waals surface area (Å²) in [5.41, 5.74) is 0.534. The van der Waals surface area contributed by atoms with Gasteiger partial charge in [-0.25, -0.2) is 0 Å². The molecule has 0 spiro atoms. The summed E-state index contributed by atoms with van der Waals surface area (Å²) in [5.74, 6) is 3.14. The zero-order valence-corrected chi connectivity index (χ0v) is 15.0. The SMILES string of the molecule is C#CC12C=C(C#N)C(=O)C=C1C1(C)CCC(OC)C(C)(C)C1CC2. The molecule has 0 N–H and O–H groups in total. The van der Waals surface area contributed by atoms with Crippen LogP contribution in [-0.4, -0.2) is 19.0 Å². The second kappa shape index (κ2) is 5.33. The molecule has 3 rings (SSSR count). The van der Waals surface area contributed by atoms with Crippen LogP contribution in [0.2, 0.25) is 0 Å². The van der Waals surface area contributed by atoms with Gasteiger partial charge in [0.1, 0.15) is 6.07 Å². The first-order valence-corrected chi connectivity index (χ1v) is 8.65. The number of terminal acetylenes is 1. The number of ketones is 1. The number of fused-ring (bicyclic) bond motifs is 3. The standard InChI is InChI=1S/C21H25NO2/c1-6-21-10-7-16-19(2,3)18(24-5)8-9-20(16,4)17(21)11-15(23)14(12-21)13-22/h1,11-12,16,18H,7-10H2,2-5H3. The van der Waals surface area contributed by atoms with Gasteiger partial charge in [-0.2, -0.15) is 5.26 Å². The Morgan fingerprint density at radius 1 is 1.29 bits per heavy atom. The molecular weight excluding hydrogens is 298 g/mol. The molecule has 24 heavy (non-hydrogen) atoms. The number of allylic oxidation sites excluding steroid dienone is 4. The summed E-state index contributed by atoms with van der Waals surface area (Å²) in [6, 6.07) is 2.01. The number of carbonyl (C=O) groups is 1. The average Bonchev–Trinajstić information content (AvgIpc) is 2.55. The second-order valence-corrected chi connectivity index (χ2v) is 8.30. The molecule has 0 amide bonds. The summed E-state index contributed by atoms with van der Waals surface area (Å²) in [4.78, 5) is 12.4. The van der Waals surface area contributed by atoms with E-state index in [0.29, 0.717) is 5.92 Å². The van der Waals surface area contributed by atoms with Gasteiger partial charge in [0.25, 0.3) is 0 Å². The van der Waals surface area contributed by atoms with Crippen LogP contribution >= 0.6 is 0 Å². The molecule has 4 unspecified atom stereocenters. The molecular formula is C21H25NO2. The van der Waals surface area contributed by atoms with E-state index in [9.17, 15) is 10.1 Å². The van der Waals surface area contributed by atoms with Crippen molar-refractivity contribution in [3.63, 3.8) is 0 Å². The minimum absolute atomic E-state index is 0.0195. The molecule has 3 aliphatic carbocycles. The number of rotatable bonds is 1. The second-order valence-electron chi connectivity index (χ2n) is 8.30. The zero-order chi connectivity index (χ0) is 17.8. The molecule has 126 valence electrons. The molecule has 0 aliphatic heterocycles. The van der Waals surface area contributed by atoms with Gasteiger partial charge in [-0.05, 0) is 60.2 Å². The fourth-order valence-electron chi connectivity index (χ4n) is 5.72. The average molecular weight is 323 g/mol. The molecule has 0 radical (unpaired) electrons. The Morgan fingerprint density at radius 2 is 2.00 bits per heavy atom. The lowest BCUT2D eigenvalue weighted by Crippen LogP contribution is -2.56. The third-order valence-corrected chi connectivity index (χ3v) is 6.94. The maximum Gasteiger partial charge on any atom is 0.196 e. The van der Waals surface area contributed by atoms with Crippen molar-refractivity contribution in [2.75, 3.05) is 7.11 Å². The van der Waals surface area contributed by atoms with Crippen LogP contribution in [0.25, 0.3) is 0 Å². The fraction of sp³-hybridized carbons (Fsp3) is 0.619. The third kappa shape index (κ3) is 2.04. The number of methoxy groups -OCH3 is 1. The first-order valence-electron chi connectivity index (χ1n) is 8.65. The van der Waals surface area contributed by atoms with E-state index in [2.05, 4.69) is 26.7 Å². The van der Waals surface area contributed by atoms with Crippen molar-refractivity contribution >= 4 is 5.78 Å². The van der Waals surface area contributed by atoms with Crippen molar-refractivity contribution in [2.24, 2.45) is 22.2 Å². The Balaban J connectivity index is 2.13. The first kappa shape index (κ1) is 17.0. The molecule has 0 aromatic heterocycles. The lowest BCUT2D eigenvalue weighted by molar-refractivity contribution is -0.119. The van der Waals surface area contributed by atoms with Crippen LogP contribution < -0.4 is 0 Å². The quantitative estimate of drug-likeness (QED) is 0.689. The van der Waals surface area contributed by atoms with E-state index in [1.807, 2.05) is 6.07 Å². The minimum atomic E-state index is -0.583. The summed E-state index contributed by atoms with van der Waals surface area (Å²) in [5, 5.41) is 9.25. The highest BCUT2D eigenvalue weighted by Gasteiger charge is 2.59. The Labute approximate surface area is 144 Å². The van der Waals surface area contributed by atoms with Crippen molar-refractivity contribution in [3.05, 3.63) is 23.3 Å². The topological polar surface area (TPSA) is 50.1 Å². The predicted octanol–water partition coefficient (Wildman–Crippen LogP) is 3.82. The van der Waals surface area contributed by atoms with Gasteiger partial charge in [0, 0.05) is 7.11 Å². The number of nitrogens with zero attached hydrogens (tertiary/aromatic N) is 1. The van der Waals surface area contributed by atoms with E-state index in [1.165, 1.54) is 0 Å². The van der Waals surface area contributed by atoms with Crippen molar-refractivity contribution in [1.82, 2.24) is 0 Å². The van der Waals surface area contributed by atoms with Crippen molar-refractivity contribution in [3.8, 4) is 18.4 Å². The van der Waals surface area contributed by atoms with Gasteiger partial charge in [0.15, 0.2) is 5.78 Å². The van der Waals surface area contributed by atoms with E-state index < -0.39 is 5.41 Å². The van der Waals surface area contributed by atoms with Crippen LogP contribution in [0.5, 0.6) is 0 Å². The highest BCUT2D eigenvalue weighted by atomic mass is 16.5. The molecule has 2 saturated carbocycles. The molecule has 0 saturated heterocycles. The lowest BCUT2D eigenvalue weighted by atomic mass is 9.44. The smallest absolute Gasteiger partial charge is 0.196 e. The van der Waals surface area contributed by atoms with Crippen molar-refractivity contribution in [1.29, 1.82) is 5.26 Å². The highest BCUT2D eigenvalue weighted by Crippen LogP contribution is 2.65. The molecule has 3 aliphatic rings.